The van der Waals surface area contributed by atoms with Gasteiger partial charge in [0, 0.05) is 12.6 Å². The summed E-state index contributed by atoms with van der Waals surface area (Å²) in [6.07, 6.45) is 8.25. The van der Waals surface area contributed by atoms with Crippen LogP contribution in [-0.4, -0.2) is 46.5 Å². The summed E-state index contributed by atoms with van der Waals surface area (Å²) in [4.78, 5) is 2.51. The highest BCUT2D eigenvalue weighted by atomic mass is 35.5. The molecule has 3 nitrogen and oxygen atoms in total. The van der Waals surface area contributed by atoms with Gasteiger partial charge in [0.25, 0.3) is 0 Å². The third-order valence-corrected chi connectivity index (χ3v) is 10.0. The van der Waals surface area contributed by atoms with Crippen LogP contribution in [0.1, 0.15) is 93.9 Å². The molecule has 1 aromatic rings. The first kappa shape index (κ1) is 25.2. The zero-order chi connectivity index (χ0) is 22.8. The van der Waals surface area contributed by atoms with Crippen LogP contribution in [0.3, 0.4) is 0 Å². The highest BCUT2D eigenvalue weighted by Crippen LogP contribution is 2.60. The van der Waals surface area contributed by atoms with E-state index in [9.17, 15) is 10.2 Å². The van der Waals surface area contributed by atoms with Crippen LogP contribution in [0.5, 0.6) is 0 Å². The molecule has 33 heavy (non-hydrogen) atoms. The van der Waals surface area contributed by atoms with E-state index in [0.29, 0.717) is 23.7 Å². The number of hydrogen-bond donors (Lipinski definition) is 2. The molecule has 2 N–H and O–H groups in total. The predicted octanol–water partition coefficient (Wildman–Crippen LogP) is 5.75. The number of nitrogens with zero attached hydrogens (tertiary/aromatic N) is 1. The fraction of sp³-hybridized carbons (Fsp3) is 0.724. The fourth-order valence-corrected chi connectivity index (χ4v) is 8.24. The normalized spacial score (nSPS) is 39.1. The smallest absolute Gasteiger partial charge is 0.0704 e. The zero-order valence-corrected chi connectivity index (χ0v) is 22.0. The molecule has 4 heteroatoms. The van der Waals surface area contributed by atoms with Gasteiger partial charge in [-0.3, -0.25) is 4.90 Å². The van der Waals surface area contributed by atoms with Crippen molar-refractivity contribution in [2.24, 2.45) is 17.3 Å². The molecule has 2 fully saturated rings. The summed E-state index contributed by atoms with van der Waals surface area (Å²) in [5, 5.41) is 21.3. The number of likely N-dealkylation sites (tertiary alicyclic amines) is 1. The van der Waals surface area contributed by atoms with Crippen LogP contribution in [0.25, 0.3) is 0 Å². The summed E-state index contributed by atoms with van der Waals surface area (Å²) in [6, 6.07) is 5.04. The van der Waals surface area contributed by atoms with Crippen molar-refractivity contribution in [3.05, 3.63) is 46.0 Å². The van der Waals surface area contributed by atoms with Crippen molar-refractivity contribution in [2.45, 2.75) is 103 Å². The van der Waals surface area contributed by atoms with Gasteiger partial charge in [-0.2, -0.15) is 0 Å². The lowest BCUT2D eigenvalue weighted by molar-refractivity contribution is -0.0184. The Hall–Kier alpha value is -0.870. The average Bonchev–Trinajstić information content (AvgIpc) is 3.14. The Morgan fingerprint density at radius 3 is 2.70 bits per heavy atom. The van der Waals surface area contributed by atoms with E-state index in [1.165, 1.54) is 23.1 Å². The molecule has 1 aromatic carbocycles. The fourth-order valence-electron chi connectivity index (χ4n) is 8.24. The first-order valence-electron chi connectivity index (χ1n) is 13.2. The molecule has 0 aromatic heterocycles. The number of halogens is 1. The lowest BCUT2D eigenvalue weighted by atomic mass is 9.57. The van der Waals surface area contributed by atoms with E-state index in [1.54, 1.807) is 11.1 Å². The number of aliphatic hydroxyl groups is 2. The first-order chi connectivity index (χ1) is 15.2. The molecule has 8 unspecified atom stereocenters. The van der Waals surface area contributed by atoms with Gasteiger partial charge in [-0.1, -0.05) is 51.5 Å². The number of likely N-dealkylation sites (N-methyl/N-ethyl adjacent to an activating group) is 1. The zero-order valence-electron chi connectivity index (χ0n) is 21.2. The van der Waals surface area contributed by atoms with Gasteiger partial charge in [0.1, 0.15) is 0 Å². The number of rotatable bonds is 3. The minimum absolute atomic E-state index is 0. The summed E-state index contributed by atoms with van der Waals surface area (Å²) in [5.74, 6) is 2.20. The van der Waals surface area contributed by atoms with Gasteiger partial charge in [0.2, 0.25) is 0 Å². The maximum absolute atomic E-state index is 11.0. The largest absolute Gasteiger partial charge is 0.393 e. The van der Waals surface area contributed by atoms with Gasteiger partial charge in [0.05, 0.1) is 12.2 Å². The Morgan fingerprint density at radius 1 is 1.21 bits per heavy atom. The molecular formula is C29H44ClNO2. The maximum atomic E-state index is 11.0. The molecule has 0 spiro atoms. The van der Waals surface area contributed by atoms with Crippen LogP contribution >= 0.6 is 12.4 Å². The quantitative estimate of drug-likeness (QED) is 0.549. The molecule has 5 rings (SSSR count). The summed E-state index contributed by atoms with van der Waals surface area (Å²) in [5.41, 5.74) is 7.86. The van der Waals surface area contributed by atoms with Crippen molar-refractivity contribution in [3.63, 3.8) is 0 Å². The monoisotopic (exact) mass is 473 g/mol. The van der Waals surface area contributed by atoms with E-state index >= 15 is 0 Å². The number of fused-ring (bicyclic) bond motifs is 5. The number of hydrogen-bond acceptors (Lipinski definition) is 3. The van der Waals surface area contributed by atoms with Crippen LogP contribution < -0.4 is 0 Å². The van der Waals surface area contributed by atoms with Crippen molar-refractivity contribution in [1.82, 2.24) is 4.90 Å². The molecule has 184 valence electrons. The molecule has 1 aliphatic heterocycles. The Kier molecular flexibility index (Phi) is 7.11. The number of benzene rings is 1. The Labute approximate surface area is 207 Å². The number of aliphatic hydroxyl groups excluding tert-OH is 2. The number of allylic oxidation sites excluding steroid dienone is 1. The third kappa shape index (κ3) is 4.01. The highest BCUT2D eigenvalue weighted by molar-refractivity contribution is 5.85. The van der Waals surface area contributed by atoms with E-state index in [0.717, 1.165) is 45.2 Å². The van der Waals surface area contributed by atoms with E-state index in [2.05, 4.69) is 57.7 Å². The second-order valence-corrected chi connectivity index (χ2v) is 11.8. The standard InChI is InChI=1S/C29H43NO2.ClH/c1-6-30-16-17(2)13-27(32)28(30)19(4)22-9-10-23-24-8-7-20-14-21(31)11-12-29(20,5)26(24)15-25(23)18(22)3;/h7,9-10,17,19,21,24,26-28,31-32H,6,8,11-16H2,1-5H3;1H. The molecule has 1 saturated heterocycles. The lowest BCUT2D eigenvalue weighted by Gasteiger charge is -2.48. The van der Waals surface area contributed by atoms with Gasteiger partial charge >= 0.3 is 0 Å². The molecule has 0 radical (unpaired) electrons. The topological polar surface area (TPSA) is 43.7 Å². The summed E-state index contributed by atoms with van der Waals surface area (Å²) < 4.78 is 0. The third-order valence-electron chi connectivity index (χ3n) is 10.0. The van der Waals surface area contributed by atoms with Crippen molar-refractivity contribution >= 4 is 12.4 Å². The highest BCUT2D eigenvalue weighted by Gasteiger charge is 2.50. The molecule has 1 saturated carbocycles. The van der Waals surface area contributed by atoms with E-state index in [4.69, 9.17) is 0 Å². The van der Waals surface area contributed by atoms with Crippen LogP contribution in [0, 0.1) is 24.2 Å². The van der Waals surface area contributed by atoms with Crippen LogP contribution in [0.4, 0.5) is 0 Å². The van der Waals surface area contributed by atoms with Crippen LogP contribution in [0.15, 0.2) is 23.8 Å². The van der Waals surface area contributed by atoms with Gasteiger partial charge < -0.3 is 10.2 Å². The van der Waals surface area contributed by atoms with Crippen LogP contribution in [-0.2, 0) is 6.42 Å². The van der Waals surface area contributed by atoms with E-state index in [-0.39, 0.29) is 36.1 Å². The molecule has 4 aliphatic rings. The van der Waals surface area contributed by atoms with E-state index < -0.39 is 0 Å². The van der Waals surface area contributed by atoms with Crippen LogP contribution in [0.2, 0.25) is 0 Å². The molecule has 1 heterocycles. The Balaban J connectivity index is 0.00000259. The predicted molar refractivity (Wildman–Crippen MR) is 138 cm³/mol. The average molecular weight is 474 g/mol. The van der Waals surface area contributed by atoms with Gasteiger partial charge in [-0.15, -0.1) is 12.4 Å². The minimum atomic E-state index is -0.247. The summed E-state index contributed by atoms with van der Waals surface area (Å²) in [6.45, 7) is 13.8. The maximum Gasteiger partial charge on any atom is 0.0704 e. The summed E-state index contributed by atoms with van der Waals surface area (Å²) >= 11 is 0. The molecule has 3 aliphatic carbocycles. The Morgan fingerprint density at radius 2 is 1.97 bits per heavy atom. The van der Waals surface area contributed by atoms with Crippen molar-refractivity contribution in [1.29, 1.82) is 0 Å². The molecule has 0 bridgehead atoms. The molecular weight excluding hydrogens is 430 g/mol. The van der Waals surface area contributed by atoms with Gasteiger partial charge in [-0.05, 0) is 103 Å². The SMILES string of the molecule is CCN1CC(C)CC(O)C1C(C)c1ccc2c(c1C)CC1C2CC=C2CC(O)CCC21C.Cl. The van der Waals surface area contributed by atoms with Gasteiger partial charge in [0.15, 0.2) is 0 Å². The second-order valence-electron chi connectivity index (χ2n) is 11.8. The number of piperidine rings is 1. The second kappa shape index (κ2) is 9.30. The summed E-state index contributed by atoms with van der Waals surface area (Å²) in [7, 11) is 0. The first-order valence-corrected chi connectivity index (χ1v) is 13.2. The van der Waals surface area contributed by atoms with Crippen molar-refractivity contribution in [3.8, 4) is 0 Å². The van der Waals surface area contributed by atoms with Crippen molar-refractivity contribution < 1.29 is 10.2 Å². The van der Waals surface area contributed by atoms with E-state index in [1.807, 2.05) is 0 Å². The molecule has 8 atom stereocenters. The van der Waals surface area contributed by atoms with Crippen molar-refractivity contribution in [2.75, 3.05) is 13.1 Å². The Bertz CT molecular complexity index is 913. The lowest BCUT2D eigenvalue weighted by Crippen LogP contribution is -2.53. The van der Waals surface area contributed by atoms with Gasteiger partial charge in [-0.25, -0.2) is 0 Å². The molecule has 0 amide bonds. The minimum Gasteiger partial charge on any atom is -0.393 e.